The molecule has 0 spiro atoms. The molecule has 1 aliphatic carbocycles. The number of benzene rings is 3. The zero-order chi connectivity index (χ0) is 18.6. The monoisotopic (exact) mass is 358 g/mol. The van der Waals surface area contributed by atoms with Gasteiger partial charge in [-0.1, -0.05) is 43.2 Å². The molecule has 0 heterocycles. The number of carbonyl (C=O) groups excluding carboxylic acids is 2. The van der Waals surface area contributed by atoms with Crippen molar-refractivity contribution in [3.63, 3.8) is 0 Å². The van der Waals surface area contributed by atoms with Crippen LogP contribution in [-0.2, 0) is 0 Å². The van der Waals surface area contributed by atoms with Crippen molar-refractivity contribution in [3.8, 4) is 0 Å². The summed E-state index contributed by atoms with van der Waals surface area (Å²) in [5, 5.41) is 7.89. The van der Waals surface area contributed by atoms with Crippen LogP contribution in [0.5, 0.6) is 0 Å². The lowest BCUT2D eigenvalue weighted by Crippen LogP contribution is -2.32. The number of para-hydroxylation sites is 1. The van der Waals surface area contributed by atoms with E-state index in [-0.39, 0.29) is 11.8 Å². The summed E-state index contributed by atoms with van der Waals surface area (Å²) in [6, 6.07) is 20.8. The average molecular weight is 358 g/mol. The zero-order valence-corrected chi connectivity index (χ0v) is 15.1. The van der Waals surface area contributed by atoms with Crippen LogP contribution in [0.1, 0.15) is 46.4 Å². The molecule has 0 atom stereocenters. The van der Waals surface area contributed by atoms with Crippen LogP contribution in [0.15, 0.2) is 66.7 Å². The summed E-state index contributed by atoms with van der Waals surface area (Å²) in [5.41, 5.74) is 2.02. The summed E-state index contributed by atoms with van der Waals surface area (Å²) in [5.74, 6) is -0.166. The highest BCUT2D eigenvalue weighted by Crippen LogP contribution is 2.21. The fraction of sp³-hybridized carbons (Fsp3) is 0.217. The third kappa shape index (κ3) is 4.00. The molecule has 2 N–H and O–H groups in total. The van der Waals surface area contributed by atoms with Gasteiger partial charge in [-0.15, -0.1) is 0 Å². The fourth-order valence-electron chi connectivity index (χ4n) is 3.59. The average Bonchev–Trinajstić information content (AvgIpc) is 3.21. The van der Waals surface area contributed by atoms with Gasteiger partial charge in [0.25, 0.3) is 11.8 Å². The summed E-state index contributed by atoms with van der Waals surface area (Å²) in [4.78, 5) is 24.9. The molecule has 0 bridgehead atoms. The Labute approximate surface area is 158 Å². The lowest BCUT2D eigenvalue weighted by molar-refractivity contribution is 0.0937. The number of hydrogen-bond donors (Lipinski definition) is 2. The van der Waals surface area contributed by atoms with Gasteiger partial charge in [-0.05, 0) is 60.0 Å². The summed E-state index contributed by atoms with van der Waals surface area (Å²) in [6.07, 6.45) is 4.52. The van der Waals surface area contributed by atoms with Crippen molar-refractivity contribution in [1.82, 2.24) is 5.32 Å². The summed E-state index contributed by atoms with van der Waals surface area (Å²) in [6.45, 7) is 0. The highest BCUT2D eigenvalue weighted by Gasteiger charge is 2.18. The van der Waals surface area contributed by atoms with Crippen molar-refractivity contribution in [2.45, 2.75) is 31.7 Å². The van der Waals surface area contributed by atoms with Gasteiger partial charge < -0.3 is 10.6 Å². The SMILES string of the molecule is O=C(Nc1ccccc1)c1ccc2cc(C(=O)NC3CCCC3)ccc2c1. The Morgan fingerprint density at radius 2 is 1.33 bits per heavy atom. The Balaban J connectivity index is 1.51. The van der Waals surface area contributed by atoms with E-state index < -0.39 is 0 Å². The number of amides is 2. The van der Waals surface area contributed by atoms with Gasteiger partial charge >= 0.3 is 0 Å². The summed E-state index contributed by atoms with van der Waals surface area (Å²) >= 11 is 0. The topological polar surface area (TPSA) is 58.2 Å². The largest absolute Gasteiger partial charge is 0.349 e. The summed E-state index contributed by atoms with van der Waals surface area (Å²) in [7, 11) is 0. The quantitative estimate of drug-likeness (QED) is 0.706. The first-order chi connectivity index (χ1) is 13.2. The molecule has 3 aromatic carbocycles. The molecule has 27 heavy (non-hydrogen) atoms. The van der Waals surface area contributed by atoms with Gasteiger partial charge in [-0.3, -0.25) is 9.59 Å². The van der Waals surface area contributed by atoms with Crippen molar-refractivity contribution in [2.75, 3.05) is 5.32 Å². The minimum absolute atomic E-state index is 0.0188. The maximum Gasteiger partial charge on any atom is 0.255 e. The van der Waals surface area contributed by atoms with Crippen molar-refractivity contribution in [2.24, 2.45) is 0 Å². The maximum atomic E-state index is 12.5. The molecule has 136 valence electrons. The van der Waals surface area contributed by atoms with Crippen LogP contribution in [0.2, 0.25) is 0 Å². The Morgan fingerprint density at radius 3 is 1.96 bits per heavy atom. The third-order valence-corrected chi connectivity index (χ3v) is 5.09. The molecule has 4 heteroatoms. The first-order valence-electron chi connectivity index (χ1n) is 9.40. The van der Waals surface area contributed by atoms with Crippen LogP contribution < -0.4 is 10.6 Å². The van der Waals surface area contributed by atoms with Gasteiger partial charge in [0, 0.05) is 22.9 Å². The third-order valence-electron chi connectivity index (χ3n) is 5.09. The van der Waals surface area contributed by atoms with E-state index in [4.69, 9.17) is 0 Å². The van der Waals surface area contributed by atoms with Crippen LogP contribution in [0, 0.1) is 0 Å². The van der Waals surface area contributed by atoms with Crippen LogP contribution in [0.4, 0.5) is 5.69 Å². The smallest absolute Gasteiger partial charge is 0.255 e. The van der Waals surface area contributed by atoms with Crippen LogP contribution >= 0.6 is 0 Å². The molecule has 1 saturated carbocycles. The first-order valence-corrected chi connectivity index (χ1v) is 9.40. The highest BCUT2D eigenvalue weighted by molar-refractivity contribution is 6.07. The van der Waals surface area contributed by atoms with Crippen molar-refractivity contribution in [1.29, 1.82) is 0 Å². The van der Waals surface area contributed by atoms with E-state index in [9.17, 15) is 9.59 Å². The number of hydrogen-bond acceptors (Lipinski definition) is 2. The van der Waals surface area contributed by atoms with Gasteiger partial charge in [0.1, 0.15) is 0 Å². The number of nitrogens with one attached hydrogen (secondary N) is 2. The highest BCUT2D eigenvalue weighted by atomic mass is 16.2. The van der Waals surface area contributed by atoms with Gasteiger partial charge in [0.2, 0.25) is 0 Å². The molecular formula is C23H22N2O2. The van der Waals surface area contributed by atoms with Crippen molar-refractivity contribution >= 4 is 28.3 Å². The Morgan fingerprint density at radius 1 is 0.741 bits per heavy atom. The maximum absolute atomic E-state index is 12.5. The number of carbonyl (C=O) groups is 2. The second-order valence-electron chi connectivity index (χ2n) is 7.05. The molecule has 0 radical (unpaired) electrons. The predicted octanol–water partition coefficient (Wildman–Crippen LogP) is 4.76. The summed E-state index contributed by atoms with van der Waals surface area (Å²) < 4.78 is 0. The Bertz CT molecular complexity index is 976. The fourth-order valence-corrected chi connectivity index (χ4v) is 3.59. The van der Waals surface area contributed by atoms with Gasteiger partial charge in [-0.2, -0.15) is 0 Å². The van der Waals surface area contributed by atoms with E-state index in [1.807, 2.05) is 60.7 Å². The second kappa shape index (κ2) is 7.62. The lowest BCUT2D eigenvalue weighted by atomic mass is 10.0. The second-order valence-corrected chi connectivity index (χ2v) is 7.05. The molecular weight excluding hydrogens is 336 g/mol. The van der Waals surface area contributed by atoms with Crippen LogP contribution in [0.25, 0.3) is 10.8 Å². The van der Waals surface area contributed by atoms with Crippen LogP contribution in [-0.4, -0.2) is 17.9 Å². The minimum Gasteiger partial charge on any atom is -0.349 e. The molecule has 4 rings (SSSR count). The normalized spacial score (nSPS) is 14.2. The van der Waals surface area contributed by atoms with E-state index in [0.717, 1.165) is 29.3 Å². The zero-order valence-electron chi connectivity index (χ0n) is 15.1. The molecule has 1 aliphatic rings. The van der Waals surface area contributed by atoms with Crippen LogP contribution in [0.3, 0.4) is 0 Å². The van der Waals surface area contributed by atoms with E-state index in [1.165, 1.54) is 12.8 Å². The molecule has 2 amide bonds. The van der Waals surface area contributed by atoms with E-state index in [0.29, 0.717) is 17.2 Å². The molecule has 0 aromatic heterocycles. The van der Waals surface area contributed by atoms with Gasteiger partial charge in [0.05, 0.1) is 0 Å². The molecule has 4 nitrogen and oxygen atoms in total. The number of anilines is 1. The van der Waals surface area contributed by atoms with Crippen molar-refractivity contribution < 1.29 is 9.59 Å². The van der Waals surface area contributed by atoms with Gasteiger partial charge in [0.15, 0.2) is 0 Å². The lowest BCUT2D eigenvalue weighted by Gasteiger charge is -2.12. The number of fused-ring (bicyclic) bond motifs is 1. The number of rotatable bonds is 4. The Hall–Kier alpha value is -3.14. The molecule has 1 fully saturated rings. The van der Waals surface area contributed by atoms with E-state index >= 15 is 0 Å². The first kappa shape index (κ1) is 17.3. The molecule has 0 aliphatic heterocycles. The molecule has 0 saturated heterocycles. The van der Waals surface area contributed by atoms with E-state index in [1.54, 1.807) is 6.07 Å². The minimum atomic E-state index is -0.147. The standard InChI is InChI=1S/C23H22N2O2/c26-22(24-20-6-2-1-3-7-20)18-12-10-17-15-19(13-11-16(17)14-18)23(27)25-21-8-4-5-9-21/h1-3,6-7,10-15,21H,4-5,8-9H2,(H,24,26)(H,25,27). The van der Waals surface area contributed by atoms with E-state index in [2.05, 4.69) is 10.6 Å². The Kier molecular flexibility index (Phi) is 4.88. The van der Waals surface area contributed by atoms with Crippen molar-refractivity contribution in [3.05, 3.63) is 77.9 Å². The molecule has 0 unspecified atom stereocenters. The predicted molar refractivity (Wildman–Crippen MR) is 108 cm³/mol. The molecule has 3 aromatic rings. The van der Waals surface area contributed by atoms with Gasteiger partial charge in [-0.25, -0.2) is 0 Å².